The first-order chi connectivity index (χ1) is 14.8. The fourth-order valence-corrected chi connectivity index (χ4v) is 3.56. The maximum atomic E-state index is 11.9. The highest BCUT2D eigenvalue weighted by Crippen LogP contribution is 2.28. The van der Waals surface area contributed by atoms with Crippen LogP contribution in [0.1, 0.15) is 18.4 Å². The molecule has 0 bridgehead atoms. The molecule has 0 aliphatic heterocycles. The van der Waals surface area contributed by atoms with E-state index < -0.39 is 11.8 Å². The minimum Gasteiger partial charge on any atom is -0.483 e. The molecule has 0 fully saturated rings. The van der Waals surface area contributed by atoms with Gasteiger partial charge in [-0.15, -0.1) is 0 Å². The number of nitrogens with one attached hydrogen (secondary N) is 4. The van der Waals surface area contributed by atoms with Crippen molar-refractivity contribution in [2.24, 2.45) is 0 Å². The number of amides is 3. The van der Waals surface area contributed by atoms with E-state index in [9.17, 15) is 14.4 Å². The number of hydrogen-bond donors (Lipinski definition) is 4. The molecule has 0 aliphatic rings. The van der Waals surface area contributed by atoms with Gasteiger partial charge in [0, 0.05) is 23.9 Å². The third kappa shape index (κ3) is 9.90. The zero-order chi connectivity index (χ0) is 22.6. The van der Waals surface area contributed by atoms with Crippen molar-refractivity contribution >= 4 is 66.9 Å². The van der Waals surface area contributed by atoms with Gasteiger partial charge in [-0.3, -0.25) is 30.6 Å². The summed E-state index contributed by atoms with van der Waals surface area (Å²) in [5.74, 6) is -0.689. The molecule has 11 heteroatoms. The van der Waals surface area contributed by atoms with Gasteiger partial charge in [-0.1, -0.05) is 46.3 Å². The summed E-state index contributed by atoms with van der Waals surface area (Å²) >= 11 is 11.6. The van der Waals surface area contributed by atoms with E-state index in [1.807, 2.05) is 30.3 Å². The molecule has 0 radical (unpaired) electrons. The number of carbonyl (C=O) groups is 3. The van der Waals surface area contributed by atoms with Gasteiger partial charge in [0.15, 0.2) is 11.7 Å². The normalized spacial score (nSPS) is 10.0. The molecule has 0 saturated carbocycles. The van der Waals surface area contributed by atoms with Gasteiger partial charge < -0.3 is 10.1 Å². The number of carbonyl (C=O) groups excluding carboxylic acids is 3. The minimum absolute atomic E-state index is 0.0232. The molecular weight excluding hydrogens is 552 g/mol. The largest absolute Gasteiger partial charge is 0.483 e. The van der Waals surface area contributed by atoms with Crippen LogP contribution in [0.5, 0.6) is 5.75 Å². The Kier molecular flexibility index (Phi) is 10.4. The molecule has 0 aromatic heterocycles. The van der Waals surface area contributed by atoms with Crippen LogP contribution < -0.4 is 26.2 Å². The molecule has 164 valence electrons. The van der Waals surface area contributed by atoms with Crippen LogP contribution in [0.2, 0.25) is 0 Å². The lowest BCUT2D eigenvalue weighted by atomic mass is 10.2. The Morgan fingerprint density at radius 1 is 0.903 bits per heavy atom. The van der Waals surface area contributed by atoms with E-state index in [1.165, 1.54) is 0 Å². The summed E-state index contributed by atoms with van der Waals surface area (Å²) < 4.78 is 6.96. The topological polar surface area (TPSA) is 109 Å². The summed E-state index contributed by atoms with van der Waals surface area (Å²) in [7, 11) is 0. The number of rotatable bonds is 8. The van der Waals surface area contributed by atoms with Crippen molar-refractivity contribution in [3.05, 3.63) is 63.0 Å². The van der Waals surface area contributed by atoms with Gasteiger partial charge in [0.2, 0.25) is 11.8 Å². The Hall–Kier alpha value is -2.50. The van der Waals surface area contributed by atoms with Crippen LogP contribution in [0.15, 0.2) is 57.5 Å². The summed E-state index contributed by atoms with van der Waals surface area (Å²) in [6, 6.07) is 14.7. The van der Waals surface area contributed by atoms with Crippen LogP contribution in [0.4, 0.5) is 0 Å². The Bertz CT molecular complexity index is 944. The molecule has 3 amide bonds. The van der Waals surface area contributed by atoms with Gasteiger partial charge in [-0.25, -0.2) is 0 Å². The van der Waals surface area contributed by atoms with E-state index in [0.29, 0.717) is 16.8 Å². The van der Waals surface area contributed by atoms with Crippen molar-refractivity contribution in [3.63, 3.8) is 0 Å². The fraction of sp³-hybridized carbons (Fsp3) is 0.200. The molecule has 8 nitrogen and oxygen atoms in total. The second-order valence-electron chi connectivity index (χ2n) is 6.18. The molecule has 0 aliphatic carbocycles. The van der Waals surface area contributed by atoms with Crippen molar-refractivity contribution in [2.45, 2.75) is 19.4 Å². The molecule has 4 N–H and O–H groups in total. The lowest BCUT2D eigenvalue weighted by molar-refractivity contribution is -0.126. The first kappa shape index (κ1) is 24.8. The molecule has 0 atom stereocenters. The van der Waals surface area contributed by atoms with Gasteiger partial charge in [0.25, 0.3) is 5.91 Å². The number of hydrazine groups is 1. The predicted molar refractivity (Wildman–Crippen MR) is 127 cm³/mol. The van der Waals surface area contributed by atoms with Gasteiger partial charge in [0.05, 0.1) is 4.47 Å². The van der Waals surface area contributed by atoms with Crippen molar-refractivity contribution < 1.29 is 19.1 Å². The van der Waals surface area contributed by atoms with E-state index in [2.05, 4.69) is 53.3 Å². The van der Waals surface area contributed by atoms with E-state index in [-0.39, 0.29) is 30.5 Å². The number of ether oxygens (including phenoxy) is 1. The molecule has 31 heavy (non-hydrogen) atoms. The Morgan fingerprint density at radius 3 is 2.32 bits per heavy atom. The highest BCUT2D eigenvalue weighted by atomic mass is 79.9. The summed E-state index contributed by atoms with van der Waals surface area (Å²) in [6.07, 6.45) is -0.0136. The average molecular weight is 572 g/mol. The molecule has 2 rings (SSSR count). The van der Waals surface area contributed by atoms with Crippen LogP contribution in [0.3, 0.4) is 0 Å². The standard InChI is InChI=1S/C20H20Br2N4O4S/c21-14-6-7-16(15(22)10-14)30-12-19(29)24-20(31)26-25-18(28)9-8-17(27)23-11-13-4-2-1-3-5-13/h1-7,10H,8-9,11-12H2,(H,23,27)(H,25,28)(H2,24,26,29,31). The molecular formula is C20H20Br2N4O4S. The molecule has 0 heterocycles. The molecule has 0 unspecified atom stereocenters. The smallest absolute Gasteiger partial charge is 0.264 e. The average Bonchev–Trinajstić information content (AvgIpc) is 2.75. The van der Waals surface area contributed by atoms with Gasteiger partial charge >= 0.3 is 0 Å². The maximum absolute atomic E-state index is 11.9. The summed E-state index contributed by atoms with van der Waals surface area (Å²) in [5, 5.41) is 5.02. The second kappa shape index (κ2) is 13.0. The number of halogens is 2. The first-order valence-electron chi connectivity index (χ1n) is 9.10. The lowest BCUT2D eigenvalue weighted by Gasteiger charge is -2.12. The van der Waals surface area contributed by atoms with Crippen LogP contribution in [0, 0.1) is 0 Å². The number of hydrogen-bond acceptors (Lipinski definition) is 5. The van der Waals surface area contributed by atoms with E-state index >= 15 is 0 Å². The van der Waals surface area contributed by atoms with Crippen LogP contribution in [0.25, 0.3) is 0 Å². The molecule has 2 aromatic carbocycles. The van der Waals surface area contributed by atoms with Crippen LogP contribution in [-0.4, -0.2) is 29.4 Å². The van der Waals surface area contributed by atoms with E-state index in [4.69, 9.17) is 17.0 Å². The highest BCUT2D eigenvalue weighted by Gasteiger charge is 2.10. The van der Waals surface area contributed by atoms with E-state index in [0.717, 1.165) is 10.0 Å². The quantitative estimate of drug-likeness (QED) is 0.287. The van der Waals surface area contributed by atoms with Crippen molar-refractivity contribution in [1.29, 1.82) is 0 Å². The number of benzene rings is 2. The SMILES string of the molecule is O=C(CCC(=O)NNC(=S)NC(=O)COc1ccc(Br)cc1Br)NCc1ccccc1. The zero-order valence-electron chi connectivity index (χ0n) is 16.2. The second-order valence-corrected chi connectivity index (χ2v) is 8.35. The van der Waals surface area contributed by atoms with Crippen molar-refractivity contribution in [3.8, 4) is 5.75 Å². The van der Waals surface area contributed by atoms with Crippen molar-refractivity contribution in [2.75, 3.05) is 6.61 Å². The molecule has 0 saturated heterocycles. The van der Waals surface area contributed by atoms with Crippen molar-refractivity contribution in [1.82, 2.24) is 21.5 Å². The van der Waals surface area contributed by atoms with Gasteiger partial charge in [-0.2, -0.15) is 0 Å². The predicted octanol–water partition coefficient (Wildman–Crippen LogP) is 2.71. The monoisotopic (exact) mass is 570 g/mol. The minimum atomic E-state index is -0.498. The fourth-order valence-electron chi connectivity index (χ4n) is 2.23. The van der Waals surface area contributed by atoms with Crippen LogP contribution >= 0.6 is 44.1 Å². The Balaban J connectivity index is 1.59. The van der Waals surface area contributed by atoms with Gasteiger partial charge in [-0.05, 0) is 51.9 Å². The van der Waals surface area contributed by atoms with E-state index in [1.54, 1.807) is 18.2 Å². The summed E-state index contributed by atoms with van der Waals surface area (Å²) in [5.41, 5.74) is 5.71. The Labute approximate surface area is 201 Å². The molecule has 2 aromatic rings. The third-order valence-corrected chi connectivity index (χ3v) is 5.05. The third-order valence-electron chi connectivity index (χ3n) is 3.73. The maximum Gasteiger partial charge on any atom is 0.264 e. The lowest BCUT2D eigenvalue weighted by Crippen LogP contribution is -2.49. The first-order valence-corrected chi connectivity index (χ1v) is 11.1. The number of thiocarbonyl (C=S) groups is 1. The van der Waals surface area contributed by atoms with Gasteiger partial charge in [0.1, 0.15) is 5.75 Å². The van der Waals surface area contributed by atoms with Crippen LogP contribution in [-0.2, 0) is 20.9 Å². The summed E-state index contributed by atoms with van der Waals surface area (Å²) in [4.78, 5) is 35.5. The summed E-state index contributed by atoms with van der Waals surface area (Å²) in [6.45, 7) is 0.131. The Morgan fingerprint density at radius 2 is 1.61 bits per heavy atom. The molecule has 0 spiro atoms. The zero-order valence-corrected chi connectivity index (χ0v) is 20.2. The highest BCUT2D eigenvalue weighted by molar-refractivity contribution is 9.11.